The van der Waals surface area contributed by atoms with E-state index in [0.717, 1.165) is 0 Å². The van der Waals surface area contributed by atoms with Gasteiger partial charge in [0.25, 0.3) is 0 Å². The molecule has 0 spiro atoms. The third-order valence-corrected chi connectivity index (χ3v) is 3.07. The van der Waals surface area contributed by atoms with Gasteiger partial charge in [-0.1, -0.05) is 27.7 Å². The van der Waals surface area contributed by atoms with Crippen LogP contribution >= 0.6 is 0 Å². The van der Waals surface area contributed by atoms with Crippen molar-refractivity contribution >= 4 is 24.3 Å². The van der Waals surface area contributed by atoms with Crippen LogP contribution in [0.1, 0.15) is 41.5 Å². The molecule has 0 aromatic heterocycles. The smallest absolute Gasteiger partial charge is 0.124 e. The van der Waals surface area contributed by atoms with Crippen molar-refractivity contribution in [2.24, 2.45) is 21.0 Å². The fourth-order valence-corrected chi connectivity index (χ4v) is 0.812. The van der Waals surface area contributed by atoms with Gasteiger partial charge in [-0.05, 0) is 13.8 Å². The normalized spacial score (nSPS) is 12.6. The third-order valence-electron chi connectivity index (χ3n) is 3.07. The Kier molecular flexibility index (Phi) is 5.64. The van der Waals surface area contributed by atoms with Gasteiger partial charge in [-0.25, -0.2) is 9.59 Å². The first-order chi connectivity index (χ1) is 8.17. The average Bonchev–Trinajstić information content (AvgIpc) is 2.32. The van der Waals surface area contributed by atoms with Crippen molar-refractivity contribution in [1.29, 1.82) is 0 Å². The van der Waals surface area contributed by atoms with Crippen molar-refractivity contribution < 1.29 is 9.59 Å². The first kappa shape index (κ1) is 16.2. The molecule has 0 N–H and O–H groups in total. The van der Waals surface area contributed by atoms with E-state index in [0.29, 0.717) is 11.1 Å². The summed E-state index contributed by atoms with van der Waals surface area (Å²) in [5.41, 5.74) is 0.173. The summed E-state index contributed by atoms with van der Waals surface area (Å²) >= 11 is 0. The second-order valence-electron chi connectivity index (χ2n) is 5.39. The summed E-state index contributed by atoms with van der Waals surface area (Å²) in [4.78, 5) is 21.1. The van der Waals surface area contributed by atoms with Gasteiger partial charge in [-0.3, -0.25) is 0 Å². The van der Waals surface area contributed by atoms with E-state index in [2.05, 4.69) is 10.2 Å². The molecule has 0 saturated carbocycles. The number of allylic oxidation sites excluding steroid dienone is 2. The van der Waals surface area contributed by atoms with Crippen LogP contribution in [-0.2, 0) is 9.59 Å². The Labute approximate surface area is 108 Å². The summed E-state index contributed by atoms with van der Waals surface area (Å²) < 4.78 is 0. The molecule has 0 aromatic rings. The highest BCUT2D eigenvalue weighted by Gasteiger charge is 2.20. The van der Waals surface area contributed by atoms with E-state index in [-0.39, 0.29) is 0 Å². The summed E-state index contributed by atoms with van der Waals surface area (Å²) in [5.74, 6) is 3.72. The van der Waals surface area contributed by atoms with Gasteiger partial charge in [0.05, 0.1) is 0 Å². The van der Waals surface area contributed by atoms with Gasteiger partial charge in [0.1, 0.15) is 11.9 Å². The lowest BCUT2D eigenvalue weighted by atomic mass is 9.87. The summed E-state index contributed by atoms with van der Waals surface area (Å²) in [6.45, 7) is 10.8. The summed E-state index contributed by atoms with van der Waals surface area (Å²) in [5, 5.41) is 7.83. The first-order valence-electron chi connectivity index (χ1n) is 5.70. The van der Waals surface area contributed by atoms with Crippen molar-refractivity contribution in [3.8, 4) is 0 Å². The van der Waals surface area contributed by atoms with Crippen LogP contribution in [0.15, 0.2) is 21.3 Å². The van der Waals surface area contributed by atoms with Crippen LogP contribution in [0, 0.1) is 10.8 Å². The van der Waals surface area contributed by atoms with Crippen LogP contribution in [-0.4, -0.2) is 24.3 Å². The van der Waals surface area contributed by atoms with Crippen LogP contribution < -0.4 is 0 Å². The minimum absolute atomic E-state index is 0.473. The highest BCUT2D eigenvalue weighted by molar-refractivity contribution is 5.77. The number of rotatable bonds is 5. The Morgan fingerprint density at radius 3 is 1.33 bits per heavy atom. The first-order valence-corrected chi connectivity index (χ1v) is 5.70. The standard InChI is InChI=1S/C14H20N2O2/c1-11(7-17)13(3,4)9-15-16-10-14(5,6)12(2)8-18/h9-10H,1-6H3/b15-9+,16-10+. The molecule has 0 aliphatic rings. The van der Waals surface area contributed by atoms with Gasteiger partial charge < -0.3 is 0 Å². The average molecular weight is 248 g/mol. The molecule has 0 bridgehead atoms. The molecule has 0 atom stereocenters. The van der Waals surface area contributed by atoms with Crippen molar-refractivity contribution in [1.82, 2.24) is 0 Å². The molecule has 0 aliphatic heterocycles. The molecule has 18 heavy (non-hydrogen) atoms. The molecule has 0 heterocycles. The molecule has 4 heteroatoms. The zero-order chi connectivity index (χ0) is 14.4. The van der Waals surface area contributed by atoms with Gasteiger partial charge in [-0.2, -0.15) is 10.2 Å². The van der Waals surface area contributed by atoms with Crippen molar-refractivity contribution in [2.45, 2.75) is 41.5 Å². The summed E-state index contributed by atoms with van der Waals surface area (Å²) in [6.07, 6.45) is 3.17. The van der Waals surface area contributed by atoms with Crippen molar-refractivity contribution in [2.75, 3.05) is 0 Å². The van der Waals surface area contributed by atoms with Gasteiger partial charge in [0.15, 0.2) is 0 Å². The minimum Gasteiger partial charge on any atom is -0.234 e. The van der Waals surface area contributed by atoms with E-state index in [9.17, 15) is 9.59 Å². The quantitative estimate of drug-likeness (QED) is 0.426. The lowest BCUT2D eigenvalue weighted by Gasteiger charge is -2.17. The maximum absolute atomic E-state index is 10.6. The summed E-state index contributed by atoms with van der Waals surface area (Å²) in [7, 11) is 0. The summed E-state index contributed by atoms with van der Waals surface area (Å²) in [6, 6.07) is 0. The maximum Gasteiger partial charge on any atom is 0.124 e. The second kappa shape index (κ2) is 6.25. The van der Waals surface area contributed by atoms with Crippen LogP contribution in [0.2, 0.25) is 0 Å². The monoisotopic (exact) mass is 248 g/mol. The molecular weight excluding hydrogens is 228 g/mol. The van der Waals surface area contributed by atoms with E-state index in [4.69, 9.17) is 0 Å². The fourth-order valence-electron chi connectivity index (χ4n) is 0.812. The third kappa shape index (κ3) is 4.62. The van der Waals surface area contributed by atoms with Crippen LogP contribution in [0.5, 0.6) is 0 Å². The van der Waals surface area contributed by atoms with Gasteiger partial charge >= 0.3 is 0 Å². The Hall–Kier alpha value is -1.76. The number of hydrogen-bond donors (Lipinski definition) is 0. The second-order valence-corrected chi connectivity index (χ2v) is 5.39. The van der Waals surface area contributed by atoms with Crippen LogP contribution in [0.25, 0.3) is 0 Å². The molecule has 0 saturated heterocycles. The largest absolute Gasteiger partial charge is 0.234 e. The highest BCUT2D eigenvalue weighted by Crippen LogP contribution is 2.22. The molecule has 0 amide bonds. The van der Waals surface area contributed by atoms with E-state index >= 15 is 0 Å². The number of hydrogen-bond acceptors (Lipinski definition) is 4. The SMILES string of the molecule is CC(=C=O)C(C)(C)/C=N/N=C/C(C)(C)C(C)=C=O. The lowest BCUT2D eigenvalue weighted by Crippen LogP contribution is -2.16. The molecular formula is C14H20N2O2. The highest BCUT2D eigenvalue weighted by atomic mass is 16.1. The topological polar surface area (TPSA) is 58.9 Å². The fraction of sp³-hybridized carbons (Fsp3) is 0.571. The number of carbonyl (C=O) groups excluding carboxylic acids is 2. The molecule has 0 radical (unpaired) electrons. The van der Waals surface area contributed by atoms with Gasteiger partial charge in [0.2, 0.25) is 0 Å². The van der Waals surface area contributed by atoms with E-state index in [1.54, 1.807) is 26.3 Å². The predicted molar refractivity (Wildman–Crippen MR) is 74.3 cm³/mol. The van der Waals surface area contributed by atoms with Gasteiger partial charge in [0, 0.05) is 34.4 Å². The van der Waals surface area contributed by atoms with Crippen LogP contribution in [0.4, 0.5) is 0 Å². The zero-order valence-electron chi connectivity index (χ0n) is 11.9. The molecule has 0 aliphatic carbocycles. The van der Waals surface area contributed by atoms with E-state index in [1.165, 1.54) is 0 Å². The molecule has 4 nitrogen and oxygen atoms in total. The van der Waals surface area contributed by atoms with E-state index < -0.39 is 10.8 Å². The Morgan fingerprint density at radius 1 is 0.833 bits per heavy atom. The van der Waals surface area contributed by atoms with E-state index in [1.807, 2.05) is 39.6 Å². The molecule has 98 valence electrons. The molecule has 0 unspecified atom stereocenters. The van der Waals surface area contributed by atoms with Crippen molar-refractivity contribution in [3.63, 3.8) is 0 Å². The Bertz CT molecular complexity index is 414. The van der Waals surface area contributed by atoms with Crippen molar-refractivity contribution in [3.05, 3.63) is 11.1 Å². The maximum atomic E-state index is 10.6. The number of nitrogens with zero attached hydrogens (tertiary/aromatic N) is 2. The predicted octanol–water partition coefficient (Wildman–Crippen LogP) is 2.65. The molecule has 0 fully saturated rings. The van der Waals surface area contributed by atoms with Gasteiger partial charge in [-0.15, -0.1) is 0 Å². The lowest BCUT2D eigenvalue weighted by molar-refractivity contribution is 0.554. The van der Waals surface area contributed by atoms with Crippen LogP contribution in [0.3, 0.4) is 0 Å². The Balaban J connectivity index is 4.89. The molecule has 0 aromatic carbocycles. The Morgan fingerprint density at radius 2 is 1.11 bits per heavy atom. The molecule has 0 rings (SSSR count). The minimum atomic E-state index is -0.473. The zero-order valence-corrected chi connectivity index (χ0v) is 11.9.